The molecule has 126 valence electrons. The first-order valence-corrected chi connectivity index (χ1v) is 8.32. The molecular formula is C18H27N3O2. The van der Waals surface area contributed by atoms with Gasteiger partial charge in [0.15, 0.2) is 0 Å². The van der Waals surface area contributed by atoms with Crippen LogP contribution in [0.25, 0.3) is 0 Å². The van der Waals surface area contributed by atoms with Gasteiger partial charge >= 0.3 is 0 Å². The van der Waals surface area contributed by atoms with Crippen LogP contribution in [0.1, 0.15) is 45.1 Å². The number of nitrogens with zero attached hydrogens (tertiary/aromatic N) is 1. The summed E-state index contributed by atoms with van der Waals surface area (Å²) < 4.78 is 0. The molecule has 2 amide bonds. The maximum Gasteiger partial charge on any atom is 0.241 e. The fourth-order valence-electron chi connectivity index (χ4n) is 2.95. The molecule has 0 bridgehead atoms. The van der Waals surface area contributed by atoms with Crippen LogP contribution >= 0.6 is 0 Å². The Kier molecular flexibility index (Phi) is 5.77. The zero-order valence-corrected chi connectivity index (χ0v) is 14.2. The normalized spacial score (nSPS) is 20.3. The highest BCUT2D eigenvalue weighted by Crippen LogP contribution is 2.20. The summed E-state index contributed by atoms with van der Waals surface area (Å²) in [6, 6.07) is 7.66. The monoisotopic (exact) mass is 317 g/mol. The molecule has 5 heteroatoms. The largest absolute Gasteiger partial charge is 0.369 e. The van der Waals surface area contributed by atoms with Gasteiger partial charge in [0.25, 0.3) is 0 Å². The summed E-state index contributed by atoms with van der Waals surface area (Å²) in [6.45, 7) is 7.55. The number of primary amides is 1. The lowest BCUT2D eigenvalue weighted by atomic mass is 9.96. The number of nitrogens with two attached hydrogens (primary N) is 1. The van der Waals surface area contributed by atoms with E-state index in [0.717, 1.165) is 25.1 Å². The second-order valence-corrected chi connectivity index (χ2v) is 6.68. The molecule has 1 aromatic rings. The van der Waals surface area contributed by atoms with Crippen molar-refractivity contribution in [2.45, 2.75) is 45.6 Å². The molecule has 1 fully saturated rings. The predicted octanol–water partition coefficient (Wildman–Crippen LogP) is 2.33. The van der Waals surface area contributed by atoms with Crippen molar-refractivity contribution in [3.8, 4) is 0 Å². The van der Waals surface area contributed by atoms with Crippen molar-refractivity contribution >= 4 is 17.5 Å². The van der Waals surface area contributed by atoms with Crippen molar-refractivity contribution < 1.29 is 9.59 Å². The highest BCUT2D eigenvalue weighted by Gasteiger charge is 2.29. The third-order valence-electron chi connectivity index (χ3n) is 4.63. The molecule has 1 saturated heterocycles. The van der Waals surface area contributed by atoms with Crippen LogP contribution in [-0.2, 0) is 9.59 Å². The Hall–Kier alpha value is -1.88. The highest BCUT2D eigenvalue weighted by atomic mass is 16.2. The molecule has 1 aliphatic rings. The maximum atomic E-state index is 12.4. The van der Waals surface area contributed by atoms with E-state index < -0.39 is 0 Å². The summed E-state index contributed by atoms with van der Waals surface area (Å²) in [7, 11) is 0. The first-order valence-electron chi connectivity index (χ1n) is 8.32. The fraction of sp³-hybridized carbons (Fsp3) is 0.556. The quantitative estimate of drug-likeness (QED) is 0.875. The molecule has 0 spiro atoms. The van der Waals surface area contributed by atoms with Gasteiger partial charge in [-0.25, -0.2) is 0 Å². The number of anilines is 1. The number of likely N-dealkylation sites (tertiary alicyclic amines) is 1. The van der Waals surface area contributed by atoms with Gasteiger partial charge in [-0.3, -0.25) is 14.5 Å². The number of amides is 2. The van der Waals surface area contributed by atoms with Crippen LogP contribution in [0.4, 0.5) is 5.69 Å². The van der Waals surface area contributed by atoms with E-state index >= 15 is 0 Å². The van der Waals surface area contributed by atoms with E-state index in [1.165, 1.54) is 5.56 Å². The summed E-state index contributed by atoms with van der Waals surface area (Å²) in [5, 5.41) is 2.95. The van der Waals surface area contributed by atoms with Gasteiger partial charge in [0.2, 0.25) is 11.8 Å². The van der Waals surface area contributed by atoms with Crippen LogP contribution in [0.15, 0.2) is 24.3 Å². The van der Waals surface area contributed by atoms with Crippen LogP contribution in [0.2, 0.25) is 0 Å². The van der Waals surface area contributed by atoms with Gasteiger partial charge in [-0.05, 0) is 49.9 Å². The van der Waals surface area contributed by atoms with E-state index in [0.29, 0.717) is 12.5 Å². The molecule has 0 aromatic heterocycles. The number of nitrogens with one attached hydrogen (secondary N) is 1. The Labute approximate surface area is 138 Å². The zero-order valence-electron chi connectivity index (χ0n) is 14.2. The molecule has 0 aliphatic carbocycles. The van der Waals surface area contributed by atoms with Gasteiger partial charge in [0.05, 0.1) is 12.0 Å². The molecule has 23 heavy (non-hydrogen) atoms. The number of hydrogen-bond acceptors (Lipinski definition) is 3. The average Bonchev–Trinajstić information content (AvgIpc) is 2.54. The number of piperidine rings is 1. The summed E-state index contributed by atoms with van der Waals surface area (Å²) in [6.07, 6.45) is 1.71. The van der Waals surface area contributed by atoms with Crippen LogP contribution < -0.4 is 11.1 Å². The Morgan fingerprint density at radius 3 is 2.43 bits per heavy atom. The molecule has 0 saturated carbocycles. The minimum Gasteiger partial charge on any atom is -0.369 e. The highest BCUT2D eigenvalue weighted by molar-refractivity contribution is 5.94. The number of rotatable bonds is 5. The summed E-state index contributed by atoms with van der Waals surface area (Å²) in [4.78, 5) is 25.8. The van der Waals surface area contributed by atoms with Crippen LogP contribution in [0.3, 0.4) is 0 Å². The predicted molar refractivity (Wildman–Crippen MR) is 92.1 cm³/mol. The average molecular weight is 317 g/mol. The van der Waals surface area contributed by atoms with Gasteiger partial charge in [0, 0.05) is 12.2 Å². The Balaban J connectivity index is 1.95. The Bertz CT molecular complexity index is 554. The minimum atomic E-state index is -0.276. The molecule has 0 unspecified atom stereocenters. The third-order valence-corrected chi connectivity index (χ3v) is 4.63. The summed E-state index contributed by atoms with van der Waals surface area (Å²) in [5.74, 6) is 0.00100. The van der Waals surface area contributed by atoms with E-state index in [4.69, 9.17) is 5.73 Å². The van der Waals surface area contributed by atoms with E-state index in [1.807, 2.05) is 36.1 Å². The zero-order chi connectivity index (χ0) is 17.0. The molecule has 1 aliphatic heterocycles. The maximum absolute atomic E-state index is 12.4. The van der Waals surface area contributed by atoms with Crippen molar-refractivity contribution in [2.24, 2.45) is 11.7 Å². The van der Waals surface area contributed by atoms with Gasteiger partial charge in [-0.1, -0.05) is 26.0 Å². The molecule has 5 nitrogen and oxygen atoms in total. The molecule has 3 N–H and O–H groups in total. The summed E-state index contributed by atoms with van der Waals surface area (Å²) in [5.41, 5.74) is 7.45. The van der Waals surface area contributed by atoms with E-state index in [-0.39, 0.29) is 23.8 Å². The van der Waals surface area contributed by atoms with Crippen molar-refractivity contribution in [2.75, 3.05) is 18.4 Å². The van der Waals surface area contributed by atoms with Gasteiger partial charge in [-0.15, -0.1) is 0 Å². The lowest BCUT2D eigenvalue weighted by Crippen LogP contribution is -2.49. The lowest BCUT2D eigenvalue weighted by molar-refractivity contribution is -0.127. The van der Waals surface area contributed by atoms with Crippen molar-refractivity contribution in [3.63, 3.8) is 0 Å². The van der Waals surface area contributed by atoms with Crippen molar-refractivity contribution in [1.82, 2.24) is 4.90 Å². The lowest BCUT2D eigenvalue weighted by Gasteiger charge is -2.34. The topological polar surface area (TPSA) is 75.4 Å². The third kappa shape index (κ3) is 4.55. The number of carbonyl (C=O) groups excluding carboxylic acids is 2. The van der Waals surface area contributed by atoms with Gasteiger partial charge in [-0.2, -0.15) is 0 Å². The van der Waals surface area contributed by atoms with E-state index in [1.54, 1.807) is 0 Å². The second kappa shape index (κ2) is 7.59. The van der Waals surface area contributed by atoms with Crippen LogP contribution in [0, 0.1) is 5.92 Å². The first kappa shape index (κ1) is 17.5. The molecule has 1 aromatic carbocycles. The number of benzene rings is 1. The first-order chi connectivity index (χ1) is 10.9. The molecule has 1 heterocycles. The van der Waals surface area contributed by atoms with Crippen molar-refractivity contribution in [1.29, 1.82) is 0 Å². The van der Waals surface area contributed by atoms with E-state index in [9.17, 15) is 9.59 Å². The minimum absolute atomic E-state index is 0.0487. The number of carbonyl (C=O) groups is 2. The van der Waals surface area contributed by atoms with Gasteiger partial charge < -0.3 is 11.1 Å². The Morgan fingerprint density at radius 1 is 1.22 bits per heavy atom. The van der Waals surface area contributed by atoms with Gasteiger partial charge in [0.1, 0.15) is 0 Å². The smallest absolute Gasteiger partial charge is 0.241 e. The standard InChI is InChI=1S/C18H27N3O2/c1-12(2)14-6-8-16(9-7-14)20-18(23)13(3)21-10-4-5-15(11-21)17(19)22/h6-9,12-13,15H,4-5,10-11H2,1-3H3,(H2,19,22)(H,20,23)/t13-,15-/m0/s1. The van der Waals surface area contributed by atoms with Crippen molar-refractivity contribution in [3.05, 3.63) is 29.8 Å². The van der Waals surface area contributed by atoms with Crippen LogP contribution in [-0.4, -0.2) is 35.8 Å². The Morgan fingerprint density at radius 2 is 1.87 bits per heavy atom. The van der Waals surface area contributed by atoms with Crippen LogP contribution in [0.5, 0.6) is 0 Å². The summed E-state index contributed by atoms with van der Waals surface area (Å²) >= 11 is 0. The fourth-order valence-corrected chi connectivity index (χ4v) is 2.95. The molecule has 2 rings (SSSR count). The van der Waals surface area contributed by atoms with E-state index in [2.05, 4.69) is 19.2 Å². The second-order valence-electron chi connectivity index (χ2n) is 6.68. The molecular weight excluding hydrogens is 290 g/mol. The molecule has 2 atom stereocenters. The number of hydrogen-bond donors (Lipinski definition) is 2. The SMILES string of the molecule is CC(C)c1ccc(NC(=O)[C@H](C)N2CCC[C@H](C(N)=O)C2)cc1. The molecule has 0 radical (unpaired) electrons.